The van der Waals surface area contributed by atoms with Crippen molar-refractivity contribution >= 4 is 33.7 Å². The molecule has 2 nitrogen and oxygen atoms in total. The van der Waals surface area contributed by atoms with Crippen LogP contribution in [0.3, 0.4) is 0 Å². The van der Waals surface area contributed by atoms with Crippen molar-refractivity contribution in [1.82, 2.24) is 0 Å². The summed E-state index contributed by atoms with van der Waals surface area (Å²) >= 11 is 10.0. The smallest absolute Gasteiger partial charge is 0.221 e. The maximum absolute atomic E-state index is 9.97. The number of carbonyl (C=O) groups excluding carboxylic acids is 2. The molecule has 0 heterocycles. The standard InChI is InChI=1S/2C5H9ClO.C2H6/c2*1-2-3-4-5(6)7;1-2/h2*2-4H2,1H3;1-2H3. The van der Waals surface area contributed by atoms with Crippen LogP contribution < -0.4 is 0 Å². The first-order valence-electron chi connectivity index (χ1n) is 5.91. The van der Waals surface area contributed by atoms with Gasteiger partial charge in [0.15, 0.2) is 0 Å². The lowest BCUT2D eigenvalue weighted by atomic mass is 10.3. The molecular formula is C12H24Cl2O2. The summed E-state index contributed by atoms with van der Waals surface area (Å²) in [7, 11) is 0. The van der Waals surface area contributed by atoms with Crippen molar-refractivity contribution in [2.24, 2.45) is 0 Å². The highest BCUT2D eigenvalue weighted by molar-refractivity contribution is 6.63. The van der Waals surface area contributed by atoms with Gasteiger partial charge in [-0.2, -0.15) is 0 Å². The Morgan fingerprint density at radius 2 is 1.06 bits per heavy atom. The monoisotopic (exact) mass is 270 g/mol. The van der Waals surface area contributed by atoms with E-state index in [0.717, 1.165) is 25.7 Å². The minimum Gasteiger partial charge on any atom is -0.281 e. The molecule has 0 unspecified atom stereocenters. The minimum absolute atomic E-state index is 0.221. The maximum atomic E-state index is 9.97. The molecule has 0 N–H and O–H groups in total. The van der Waals surface area contributed by atoms with Gasteiger partial charge in [0, 0.05) is 12.8 Å². The number of hydrogen-bond acceptors (Lipinski definition) is 2. The van der Waals surface area contributed by atoms with Crippen molar-refractivity contribution < 1.29 is 9.59 Å². The van der Waals surface area contributed by atoms with Crippen molar-refractivity contribution in [2.45, 2.75) is 66.2 Å². The molecular weight excluding hydrogens is 247 g/mol. The molecule has 0 bridgehead atoms. The van der Waals surface area contributed by atoms with Crippen LogP contribution in [0, 0.1) is 0 Å². The Balaban J connectivity index is -0.000000183. The summed E-state index contributed by atoms with van der Waals surface area (Å²) in [6.45, 7) is 8.06. The molecule has 16 heavy (non-hydrogen) atoms. The lowest BCUT2D eigenvalue weighted by Gasteiger charge is -1.84. The average Bonchev–Trinajstić information content (AvgIpc) is 2.27. The lowest BCUT2D eigenvalue weighted by Crippen LogP contribution is -1.82. The van der Waals surface area contributed by atoms with Crippen LogP contribution >= 0.6 is 23.2 Å². The van der Waals surface area contributed by atoms with E-state index in [-0.39, 0.29) is 10.5 Å². The summed E-state index contributed by atoms with van der Waals surface area (Å²) in [6, 6.07) is 0. The second-order valence-electron chi connectivity index (χ2n) is 2.92. The predicted molar refractivity (Wildman–Crippen MR) is 72.1 cm³/mol. The zero-order chi connectivity index (χ0) is 13.4. The Kier molecular flexibility index (Phi) is 27.0. The van der Waals surface area contributed by atoms with E-state index in [4.69, 9.17) is 23.2 Å². The van der Waals surface area contributed by atoms with Gasteiger partial charge in [-0.3, -0.25) is 9.59 Å². The first-order chi connectivity index (χ1) is 7.54. The number of unbranched alkanes of at least 4 members (excludes halogenated alkanes) is 2. The van der Waals surface area contributed by atoms with E-state index in [1.54, 1.807) is 0 Å². The molecule has 0 atom stereocenters. The summed E-state index contributed by atoms with van der Waals surface area (Å²) in [5, 5.41) is -0.441. The average molecular weight is 271 g/mol. The van der Waals surface area contributed by atoms with Gasteiger partial charge >= 0.3 is 0 Å². The Bertz CT molecular complexity index is 141. The summed E-state index contributed by atoms with van der Waals surface area (Å²) in [5.74, 6) is 0. The molecule has 0 fully saturated rings. The fourth-order valence-corrected chi connectivity index (χ4v) is 0.899. The van der Waals surface area contributed by atoms with Crippen LogP contribution in [-0.2, 0) is 9.59 Å². The van der Waals surface area contributed by atoms with E-state index in [0.29, 0.717) is 12.8 Å². The van der Waals surface area contributed by atoms with E-state index in [1.165, 1.54) is 0 Å². The van der Waals surface area contributed by atoms with Crippen molar-refractivity contribution in [1.29, 1.82) is 0 Å². The molecule has 0 spiro atoms. The van der Waals surface area contributed by atoms with E-state index >= 15 is 0 Å². The topological polar surface area (TPSA) is 34.1 Å². The van der Waals surface area contributed by atoms with Crippen molar-refractivity contribution in [2.75, 3.05) is 0 Å². The normalized spacial score (nSPS) is 8.12. The Labute approximate surface area is 110 Å². The molecule has 0 radical (unpaired) electrons. The molecule has 0 aromatic rings. The molecule has 4 heteroatoms. The molecule has 0 aliphatic rings. The first-order valence-corrected chi connectivity index (χ1v) is 6.66. The highest BCUT2D eigenvalue weighted by atomic mass is 35.5. The maximum Gasteiger partial charge on any atom is 0.221 e. The highest BCUT2D eigenvalue weighted by Gasteiger charge is 1.91. The zero-order valence-electron chi connectivity index (χ0n) is 10.8. The molecule has 0 saturated heterocycles. The lowest BCUT2D eigenvalue weighted by molar-refractivity contribution is -0.112. The second-order valence-corrected chi connectivity index (χ2v) is 3.76. The summed E-state index contributed by atoms with van der Waals surface area (Å²) in [5.41, 5.74) is 0. The number of rotatable bonds is 6. The molecule has 0 aromatic carbocycles. The number of halogens is 2. The first kappa shape index (κ1) is 21.2. The molecule has 0 saturated carbocycles. The SMILES string of the molecule is CC.CCCCC(=O)Cl.CCCCC(=O)Cl. The predicted octanol–water partition coefficient (Wildman–Crippen LogP) is 4.91. The molecule has 0 amide bonds. The van der Waals surface area contributed by atoms with Gasteiger partial charge in [-0.15, -0.1) is 0 Å². The van der Waals surface area contributed by atoms with Gasteiger partial charge in [0.25, 0.3) is 0 Å². The minimum atomic E-state index is -0.221. The van der Waals surface area contributed by atoms with E-state index in [9.17, 15) is 9.59 Å². The van der Waals surface area contributed by atoms with Crippen LogP contribution in [0.4, 0.5) is 0 Å². The van der Waals surface area contributed by atoms with Gasteiger partial charge in [-0.05, 0) is 36.0 Å². The van der Waals surface area contributed by atoms with Crippen LogP contribution in [0.25, 0.3) is 0 Å². The van der Waals surface area contributed by atoms with Crippen LogP contribution in [-0.4, -0.2) is 10.5 Å². The fourth-order valence-electron chi connectivity index (χ4n) is 0.632. The number of hydrogen-bond donors (Lipinski definition) is 0. The summed E-state index contributed by atoms with van der Waals surface area (Å²) < 4.78 is 0. The van der Waals surface area contributed by atoms with Crippen molar-refractivity contribution in [3.63, 3.8) is 0 Å². The van der Waals surface area contributed by atoms with Gasteiger partial charge in [-0.25, -0.2) is 0 Å². The van der Waals surface area contributed by atoms with E-state index in [1.807, 2.05) is 27.7 Å². The van der Waals surface area contributed by atoms with Crippen molar-refractivity contribution in [3.05, 3.63) is 0 Å². The largest absolute Gasteiger partial charge is 0.281 e. The molecule has 0 aliphatic carbocycles. The van der Waals surface area contributed by atoms with E-state index in [2.05, 4.69) is 0 Å². The Morgan fingerprint density at radius 3 is 1.12 bits per heavy atom. The van der Waals surface area contributed by atoms with Crippen LogP contribution in [0.1, 0.15) is 66.2 Å². The molecule has 0 rings (SSSR count). The Morgan fingerprint density at radius 1 is 0.812 bits per heavy atom. The number of carbonyl (C=O) groups is 2. The summed E-state index contributed by atoms with van der Waals surface area (Å²) in [4.78, 5) is 19.9. The Hall–Kier alpha value is -0.0800. The third-order valence-electron chi connectivity index (χ3n) is 1.45. The zero-order valence-corrected chi connectivity index (χ0v) is 12.3. The van der Waals surface area contributed by atoms with Gasteiger partial charge in [-0.1, -0.05) is 40.5 Å². The molecule has 0 aromatic heterocycles. The third-order valence-corrected chi connectivity index (χ3v) is 1.83. The highest BCUT2D eigenvalue weighted by Crippen LogP contribution is 1.97. The van der Waals surface area contributed by atoms with Gasteiger partial charge in [0.2, 0.25) is 10.5 Å². The van der Waals surface area contributed by atoms with Gasteiger partial charge in [0.05, 0.1) is 0 Å². The van der Waals surface area contributed by atoms with Gasteiger partial charge in [0.1, 0.15) is 0 Å². The quantitative estimate of drug-likeness (QED) is 0.643. The van der Waals surface area contributed by atoms with Crippen molar-refractivity contribution in [3.8, 4) is 0 Å². The molecule has 98 valence electrons. The summed E-state index contributed by atoms with van der Waals surface area (Å²) in [6.07, 6.45) is 4.97. The van der Waals surface area contributed by atoms with E-state index < -0.39 is 0 Å². The van der Waals surface area contributed by atoms with Crippen LogP contribution in [0.15, 0.2) is 0 Å². The van der Waals surface area contributed by atoms with Crippen LogP contribution in [0.5, 0.6) is 0 Å². The second kappa shape index (κ2) is 20.3. The third kappa shape index (κ3) is 37.0. The van der Waals surface area contributed by atoms with Gasteiger partial charge < -0.3 is 0 Å². The fraction of sp³-hybridized carbons (Fsp3) is 0.833. The molecule has 0 aliphatic heterocycles. The van der Waals surface area contributed by atoms with Crippen LogP contribution in [0.2, 0.25) is 0 Å².